The fraction of sp³-hybridized carbons (Fsp3) is 0.609. The van der Waals surface area contributed by atoms with Crippen molar-refractivity contribution in [2.75, 3.05) is 5.75 Å². The van der Waals surface area contributed by atoms with Gasteiger partial charge in [-0.25, -0.2) is 0 Å². The van der Waals surface area contributed by atoms with Crippen molar-refractivity contribution in [3.8, 4) is 11.4 Å². The first-order valence-electron chi connectivity index (χ1n) is 10.7. The molecule has 0 spiro atoms. The molecule has 6 heteroatoms. The molecule has 0 unspecified atom stereocenters. The molecule has 1 N–H and O–H groups in total. The number of hydrogen-bond donors (Lipinski definition) is 1. The summed E-state index contributed by atoms with van der Waals surface area (Å²) < 4.78 is 2.10. The number of nitrogens with zero attached hydrogens (tertiary/aromatic N) is 3. The van der Waals surface area contributed by atoms with Crippen LogP contribution >= 0.6 is 11.8 Å². The molecule has 1 aromatic heterocycles. The quantitative estimate of drug-likeness (QED) is 0.699. The number of aromatic nitrogens is 3. The van der Waals surface area contributed by atoms with Gasteiger partial charge in [-0.15, -0.1) is 10.2 Å². The topological polar surface area (TPSA) is 59.8 Å². The Kier molecular flexibility index (Phi) is 5.26. The minimum Gasteiger partial charge on any atom is -0.352 e. The van der Waals surface area contributed by atoms with Crippen LogP contribution in [0.2, 0.25) is 0 Å². The van der Waals surface area contributed by atoms with Gasteiger partial charge in [0.25, 0.3) is 0 Å². The lowest BCUT2D eigenvalue weighted by atomic mass is 9.69. The lowest BCUT2D eigenvalue weighted by molar-refractivity contribution is -0.120. The maximum atomic E-state index is 12.7. The lowest BCUT2D eigenvalue weighted by Crippen LogP contribution is -2.47. The van der Waals surface area contributed by atoms with E-state index in [-0.39, 0.29) is 17.4 Å². The molecule has 2 aliphatic rings. The Morgan fingerprint density at radius 3 is 2.66 bits per heavy atom. The van der Waals surface area contributed by atoms with E-state index in [2.05, 4.69) is 66.8 Å². The molecule has 156 valence electrons. The Balaban J connectivity index is 1.42. The van der Waals surface area contributed by atoms with Crippen LogP contribution in [0.3, 0.4) is 0 Å². The lowest BCUT2D eigenvalue weighted by Gasteiger charge is -2.39. The Hall–Kier alpha value is -1.82. The number of aryl methyl sites for hydroxylation is 1. The highest BCUT2D eigenvalue weighted by Crippen LogP contribution is 2.65. The van der Waals surface area contributed by atoms with Gasteiger partial charge < -0.3 is 9.88 Å². The van der Waals surface area contributed by atoms with Crippen molar-refractivity contribution in [2.24, 2.45) is 16.7 Å². The van der Waals surface area contributed by atoms with Crippen molar-refractivity contribution in [3.63, 3.8) is 0 Å². The molecule has 5 nitrogen and oxygen atoms in total. The summed E-state index contributed by atoms with van der Waals surface area (Å²) in [6.07, 6.45) is 3.63. The molecule has 0 radical (unpaired) electrons. The zero-order valence-electron chi connectivity index (χ0n) is 18.2. The molecule has 2 aromatic rings. The Morgan fingerprint density at radius 1 is 1.28 bits per heavy atom. The SMILES string of the molecule is CCn1c(SCC(=O)N[C@@H]2C[C@H]3CC[C@@]2(C)C3(C)C)nnc1-c1ccccc1C. The highest BCUT2D eigenvalue weighted by atomic mass is 32.2. The van der Waals surface area contributed by atoms with Crippen molar-refractivity contribution in [3.05, 3.63) is 29.8 Å². The molecular formula is C23H32N4OS. The molecule has 2 fully saturated rings. The normalized spacial score (nSPS) is 27.3. The number of benzene rings is 1. The van der Waals surface area contributed by atoms with E-state index in [0.717, 1.165) is 35.4 Å². The second-order valence-electron chi connectivity index (χ2n) is 9.38. The molecule has 1 aromatic carbocycles. The summed E-state index contributed by atoms with van der Waals surface area (Å²) >= 11 is 1.48. The van der Waals surface area contributed by atoms with Gasteiger partial charge in [0.2, 0.25) is 5.91 Å². The summed E-state index contributed by atoms with van der Waals surface area (Å²) in [5.74, 6) is 2.08. The largest absolute Gasteiger partial charge is 0.352 e. The summed E-state index contributed by atoms with van der Waals surface area (Å²) in [6.45, 7) is 12.1. The van der Waals surface area contributed by atoms with Gasteiger partial charge in [-0.3, -0.25) is 4.79 Å². The van der Waals surface area contributed by atoms with E-state index in [1.165, 1.54) is 30.2 Å². The van der Waals surface area contributed by atoms with Crippen LogP contribution < -0.4 is 5.32 Å². The number of carbonyl (C=O) groups excluding carboxylic acids is 1. The van der Waals surface area contributed by atoms with Crippen LogP contribution in [-0.4, -0.2) is 32.5 Å². The fourth-order valence-corrected chi connectivity index (χ4v) is 6.31. The first kappa shape index (κ1) is 20.5. The molecule has 1 amide bonds. The van der Waals surface area contributed by atoms with E-state index in [4.69, 9.17) is 0 Å². The first-order valence-corrected chi connectivity index (χ1v) is 11.7. The van der Waals surface area contributed by atoms with E-state index in [0.29, 0.717) is 11.2 Å². The standard InChI is InChI=1S/C23H32N4OS/c1-6-27-20(17-10-8-7-9-15(17)2)25-26-21(27)29-14-19(28)24-18-13-16-11-12-23(18,5)22(16,3)4/h7-10,16,18H,6,11-14H2,1-5H3,(H,24,28)/t16-,18-,23-/m1/s1. The molecule has 3 atom stereocenters. The zero-order valence-corrected chi connectivity index (χ0v) is 19.0. The zero-order chi connectivity index (χ0) is 20.8. The van der Waals surface area contributed by atoms with Gasteiger partial charge >= 0.3 is 0 Å². The van der Waals surface area contributed by atoms with Crippen molar-refractivity contribution in [1.82, 2.24) is 20.1 Å². The smallest absolute Gasteiger partial charge is 0.230 e. The van der Waals surface area contributed by atoms with Gasteiger partial charge in [0.15, 0.2) is 11.0 Å². The van der Waals surface area contributed by atoms with Crippen LogP contribution in [0.4, 0.5) is 0 Å². The number of fused-ring (bicyclic) bond motifs is 2. The maximum Gasteiger partial charge on any atom is 0.230 e. The molecule has 1 heterocycles. The average Bonchev–Trinajstić information content (AvgIpc) is 3.25. The van der Waals surface area contributed by atoms with Gasteiger partial charge in [-0.05, 0) is 55.4 Å². The van der Waals surface area contributed by atoms with Crippen LogP contribution in [0, 0.1) is 23.7 Å². The minimum atomic E-state index is 0.104. The molecule has 4 rings (SSSR count). The van der Waals surface area contributed by atoms with Crippen molar-refractivity contribution in [2.45, 2.75) is 71.6 Å². The Labute approximate surface area is 178 Å². The van der Waals surface area contributed by atoms with E-state index in [1.54, 1.807) is 0 Å². The molecule has 0 aliphatic heterocycles. The number of amides is 1. The Morgan fingerprint density at radius 2 is 2.03 bits per heavy atom. The third-order valence-corrected chi connectivity index (χ3v) is 8.85. The average molecular weight is 413 g/mol. The van der Waals surface area contributed by atoms with Crippen molar-refractivity contribution in [1.29, 1.82) is 0 Å². The van der Waals surface area contributed by atoms with Gasteiger partial charge in [0.05, 0.1) is 5.75 Å². The van der Waals surface area contributed by atoms with Crippen LogP contribution in [0.15, 0.2) is 29.4 Å². The summed E-state index contributed by atoms with van der Waals surface area (Å²) in [6, 6.07) is 8.50. The highest BCUT2D eigenvalue weighted by molar-refractivity contribution is 7.99. The Bertz CT molecular complexity index is 921. The molecule has 2 aliphatic carbocycles. The predicted octanol–water partition coefficient (Wildman–Crippen LogP) is 4.70. The van der Waals surface area contributed by atoms with E-state index in [1.807, 2.05) is 12.1 Å². The van der Waals surface area contributed by atoms with Crippen LogP contribution in [0.5, 0.6) is 0 Å². The monoisotopic (exact) mass is 412 g/mol. The third kappa shape index (κ3) is 3.29. The van der Waals surface area contributed by atoms with Crippen molar-refractivity contribution >= 4 is 17.7 Å². The number of hydrogen-bond acceptors (Lipinski definition) is 4. The first-order chi connectivity index (χ1) is 13.8. The molecule has 2 bridgehead atoms. The highest BCUT2D eigenvalue weighted by Gasteiger charge is 2.61. The van der Waals surface area contributed by atoms with Gasteiger partial charge in [0.1, 0.15) is 0 Å². The van der Waals surface area contributed by atoms with Gasteiger partial charge in [-0.1, -0.05) is 56.8 Å². The maximum absolute atomic E-state index is 12.7. The summed E-state index contributed by atoms with van der Waals surface area (Å²) in [5, 5.41) is 13.0. The summed E-state index contributed by atoms with van der Waals surface area (Å²) in [4.78, 5) is 12.7. The molecule has 29 heavy (non-hydrogen) atoms. The van der Waals surface area contributed by atoms with Crippen molar-refractivity contribution < 1.29 is 4.79 Å². The van der Waals surface area contributed by atoms with E-state index < -0.39 is 0 Å². The number of thioether (sulfide) groups is 1. The molecule has 0 saturated heterocycles. The second kappa shape index (κ2) is 7.46. The summed E-state index contributed by atoms with van der Waals surface area (Å²) in [7, 11) is 0. The summed E-state index contributed by atoms with van der Waals surface area (Å²) in [5.41, 5.74) is 2.79. The van der Waals surface area contributed by atoms with Crippen LogP contribution in [0.1, 0.15) is 52.5 Å². The minimum absolute atomic E-state index is 0.104. The predicted molar refractivity (Wildman–Crippen MR) is 118 cm³/mol. The number of rotatable bonds is 6. The van der Waals surface area contributed by atoms with Crippen LogP contribution in [0.25, 0.3) is 11.4 Å². The van der Waals surface area contributed by atoms with Gasteiger partial charge in [-0.2, -0.15) is 0 Å². The third-order valence-electron chi connectivity index (χ3n) is 7.88. The van der Waals surface area contributed by atoms with E-state index >= 15 is 0 Å². The van der Waals surface area contributed by atoms with Crippen LogP contribution in [-0.2, 0) is 11.3 Å². The van der Waals surface area contributed by atoms with Gasteiger partial charge in [0, 0.05) is 18.2 Å². The molecule has 2 saturated carbocycles. The number of nitrogens with one attached hydrogen (secondary N) is 1. The molecular weight excluding hydrogens is 380 g/mol. The number of carbonyl (C=O) groups is 1. The van der Waals surface area contributed by atoms with E-state index in [9.17, 15) is 4.79 Å². The second-order valence-corrected chi connectivity index (χ2v) is 10.3. The fourth-order valence-electron chi connectivity index (χ4n) is 5.49.